The number of phosphoric ester groups is 1. The molecule has 4 nitrogen and oxygen atoms in total. The SMILES string of the molecule is CCCCCCCCCOP(=O)(O)O.[CsH]. The third-order valence-corrected chi connectivity index (χ3v) is 2.53. The number of phosphoric acid groups is 1. The van der Waals surface area contributed by atoms with E-state index < -0.39 is 7.82 Å². The Labute approximate surface area is 151 Å². The second-order valence-electron chi connectivity index (χ2n) is 3.45. The van der Waals surface area contributed by atoms with Gasteiger partial charge in [0, 0.05) is 0 Å². The van der Waals surface area contributed by atoms with E-state index in [-0.39, 0.29) is 75.5 Å². The van der Waals surface area contributed by atoms with Gasteiger partial charge in [0.05, 0.1) is 6.61 Å². The fourth-order valence-electron chi connectivity index (χ4n) is 1.24. The molecule has 0 aliphatic carbocycles. The van der Waals surface area contributed by atoms with Crippen molar-refractivity contribution in [2.75, 3.05) is 6.61 Å². The van der Waals surface area contributed by atoms with Gasteiger partial charge in [0.15, 0.2) is 0 Å². The molecule has 0 spiro atoms. The van der Waals surface area contributed by atoms with E-state index in [0.717, 1.165) is 19.3 Å². The maximum atomic E-state index is 10.3. The van der Waals surface area contributed by atoms with Gasteiger partial charge in [0.2, 0.25) is 0 Å². The first kappa shape index (κ1) is 19.5. The molecule has 0 aromatic carbocycles. The van der Waals surface area contributed by atoms with Crippen LogP contribution >= 0.6 is 7.82 Å². The molecule has 0 fully saturated rings. The molecule has 0 aromatic heterocycles. The molecule has 0 rings (SSSR count). The van der Waals surface area contributed by atoms with Gasteiger partial charge >= 0.3 is 76.7 Å². The Hall–Kier alpha value is 2.16. The third kappa shape index (κ3) is 18.7. The average Bonchev–Trinajstić information content (AvgIpc) is 2.08. The molecule has 0 radical (unpaired) electrons. The van der Waals surface area contributed by atoms with E-state index in [9.17, 15) is 4.57 Å². The van der Waals surface area contributed by atoms with Crippen LogP contribution in [0.5, 0.6) is 0 Å². The molecule has 0 saturated carbocycles. The van der Waals surface area contributed by atoms with Gasteiger partial charge in [-0.15, -0.1) is 0 Å². The standard InChI is InChI=1S/C9H21O4P.Cs.H/c1-2-3-4-5-6-7-8-9-13-14(10,11)12;;/h2-9H2,1H3,(H2,10,11,12);;. The second-order valence-corrected chi connectivity index (χ2v) is 4.68. The van der Waals surface area contributed by atoms with Crippen molar-refractivity contribution in [2.45, 2.75) is 51.9 Å². The molecular formula is C9H22CsO4P. The van der Waals surface area contributed by atoms with E-state index in [1.54, 1.807) is 0 Å². The van der Waals surface area contributed by atoms with Gasteiger partial charge in [0.1, 0.15) is 0 Å². The first-order valence-corrected chi connectivity index (χ1v) is 6.79. The summed E-state index contributed by atoms with van der Waals surface area (Å²) in [6.07, 6.45) is 7.84. The van der Waals surface area contributed by atoms with Crippen LogP contribution in [0.1, 0.15) is 51.9 Å². The first-order chi connectivity index (χ1) is 6.56. The van der Waals surface area contributed by atoms with Crippen LogP contribution in [0.15, 0.2) is 0 Å². The van der Waals surface area contributed by atoms with Crippen molar-refractivity contribution in [3.63, 3.8) is 0 Å². The molecule has 0 aliphatic rings. The van der Waals surface area contributed by atoms with Gasteiger partial charge in [0.25, 0.3) is 0 Å². The van der Waals surface area contributed by atoms with Crippen LogP contribution in [0.4, 0.5) is 0 Å². The van der Waals surface area contributed by atoms with Crippen LogP contribution in [0.25, 0.3) is 0 Å². The quantitative estimate of drug-likeness (QED) is 0.490. The van der Waals surface area contributed by atoms with E-state index in [0.29, 0.717) is 0 Å². The summed E-state index contributed by atoms with van der Waals surface area (Å²) in [4.78, 5) is 16.8. The number of hydrogen-bond acceptors (Lipinski definition) is 2. The summed E-state index contributed by atoms with van der Waals surface area (Å²) in [6, 6.07) is 0. The molecule has 15 heavy (non-hydrogen) atoms. The topological polar surface area (TPSA) is 66.8 Å². The summed E-state index contributed by atoms with van der Waals surface area (Å²) < 4.78 is 14.6. The molecule has 0 atom stereocenters. The molecule has 88 valence electrons. The van der Waals surface area contributed by atoms with Gasteiger partial charge in [-0.2, -0.15) is 0 Å². The molecule has 6 heteroatoms. The van der Waals surface area contributed by atoms with Gasteiger partial charge < -0.3 is 9.79 Å². The Morgan fingerprint density at radius 2 is 1.47 bits per heavy atom. The molecule has 0 unspecified atom stereocenters. The van der Waals surface area contributed by atoms with Gasteiger partial charge in [-0.05, 0) is 6.42 Å². The molecular weight excluding hydrogens is 336 g/mol. The van der Waals surface area contributed by atoms with Gasteiger partial charge in [-0.1, -0.05) is 45.4 Å². The monoisotopic (exact) mass is 358 g/mol. The zero-order chi connectivity index (χ0) is 10.9. The Balaban J connectivity index is 0. The zero-order valence-electron chi connectivity index (χ0n) is 8.81. The number of unbranched alkanes of at least 4 members (excludes halogenated alkanes) is 6. The Morgan fingerprint density at radius 3 is 1.93 bits per heavy atom. The van der Waals surface area contributed by atoms with Gasteiger partial charge in [-0.25, -0.2) is 4.57 Å². The van der Waals surface area contributed by atoms with E-state index in [4.69, 9.17) is 9.79 Å². The van der Waals surface area contributed by atoms with E-state index in [2.05, 4.69) is 11.4 Å². The van der Waals surface area contributed by atoms with Crippen LogP contribution in [0, 0.1) is 0 Å². The summed E-state index contributed by atoms with van der Waals surface area (Å²) in [5.74, 6) is 0. The maximum absolute atomic E-state index is 10.3. The van der Waals surface area contributed by atoms with Crippen molar-refractivity contribution in [1.29, 1.82) is 0 Å². The molecule has 2 N–H and O–H groups in total. The number of rotatable bonds is 9. The number of hydrogen-bond donors (Lipinski definition) is 2. The predicted octanol–water partition coefficient (Wildman–Crippen LogP) is 2.20. The van der Waals surface area contributed by atoms with Crippen LogP contribution < -0.4 is 0 Å². The van der Waals surface area contributed by atoms with E-state index >= 15 is 0 Å². The Kier molecular flexibility index (Phi) is 16.4. The molecule has 0 saturated heterocycles. The summed E-state index contributed by atoms with van der Waals surface area (Å²) in [5, 5.41) is 0. The fraction of sp³-hybridized carbons (Fsp3) is 1.00. The summed E-state index contributed by atoms with van der Waals surface area (Å²) in [7, 11) is -4.23. The minimum absolute atomic E-state index is 0. The van der Waals surface area contributed by atoms with Crippen molar-refractivity contribution in [3.8, 4) is 0 Å². The Morgan fingerprint density at radius 1 is 1.00 bits per heavy atom. The summed E-state index contributed by atoms with van der Waals surface area (Å²) >= 11 is 0. The third-order valence-electron chi connectivity index (χ3n) is 2.01. The van der Waals surface area contributed by atoms with Crippen molar-refractivity contribution < 1.29 is 18.9 Å². The fourth-order valence-corrected chi connectivity index (χ4v) is 1.61. The first-order valence-electron chi connectivity index (χ1n) is 5.26. The summed E-state index contributed by atoms with van der Waals surface area (Å²) in [5.41, 5.74) is 0. The van der Waals surface area contributed by atoms with Gasteiger partial charge in [-0.3, -0.25) is 4.52 Å². The molecule has 0 aliphatic heterocycles. The zero-order valence-corrected chi connectivity index (χ0v) is 9.71. The van der Waals surface area contributed by atoms with Crippen LogP contribution in [-0.2, 0) is 9.09 Å². The van der Waals surface area contributed by atoms with E-state index in [1.807, 2.05) is 0 Å². The molecule has 0 bridgehead atoms. The second kappa shape index (κ2) is 12.6. The van der Waals surface area contributed by atoms with Crippen molar-refractivity contribution in [2.24, 2.45) is 0 Å². The van der Waals surface area contributed by atoms with Crippen LogP contribution in [0.2, 0.25) is 0 Å². The normalized spacial score (nSPS) is 11.1. The summed E-state index contributed by atoms with van der Waals surface area (Å²) in [6.45, 7) is 2.34. The molecule has 0 amide bonds. The molecule has 0 heterocycles. The predicted molar refractivity (Wildman–Crippen MR) is 63.1 cm³/mol. The minimum atomic E-state index is -4.23. The van der Waals surface area contributed by atoms with Crippen LogP contribution in [-0.4, -0.2) is 85.3 Å². The van der Waals surface area contributed by atoms with Crippen LogP contribution in [0.3, 0.4) is 0 Å². The Bertz CT molecular complexity index is 171. The van der Waals surface area contributed by atoms with Crippen molar-refractivity contribution in [3.05, 3.63) is 0 Å². The van der Waals surface area contributed by atoms with E-state index in [1.165, 1.54) is 25.7 Å². The molecule has 0 aromatic rings. The average molecular weight is 358 g/mol. The van der Waals surface area contributed by atoms with Crippen molar-refractivity contribution >= 4 is 76.7 Å². The van der Waals surface area contributed by atoms with Crippen molar-refractivity contribution in [1.82, 2.24) is 0 Å².